The quantitative estimate of drug-likeness (QED) is 0.706. The molecule has 6 heteroatoms. The van der Waals surface area contributed by atoms with E-state index in [-0.39, 0.29) is 11.9 Å². The van der Waals surface area contributed by atoms with Crippen LogP contribution >= 0.6 is 0 Å². The molecule has 1 amide bonds. The maximum Gasteiger partial charge on any atom is 0.409 e. The van der Waals surface area contributed by atoms with Gasteiger partial charge in [0.15, 0.2) is 0 Å². The number of halogens is 1. The number of hydrogen-bond donors (Lipinski definition) is 0. The molecule has 25 heavy (non-hydrogen) atoms. The second-order valence-electron chi connectivity index (χ2n) is 6.81. The van der Waals surface area contributed by atoms with Crippen LogP contribution < -0.4 is 4.74 Å². The van der Waals surface area contributed by atoms with Crippen LogP contribution in [0.25, 0.3) is 0 Å². The van der Waals surface area contributed by atoms with Crippen molar-refractivity contribution in [3.05, 3.63) is 30.1 Å². The number of ether oxygens (including phenoxy) is 2. The minimum absolute atomic E-state index is 0.199. The minimum atomic E-state index is -0.256. The van der Waals surface area contributed by atoms with Crippen LogP contribution in [0.1, 0.15) is 26.7 Å². The molecule has 0 N–H and O–H groups in total. The molecule has 0 radical (unpaired) electrons. The number of rotatable bonds is 7. The molecule has 1 aromatic rings. The van der Waals surface area contributed by atoms with Crippen LogP contribution in [0.3, 0.4) is 0 Å². The Bertz CT molecular complexity index is 522. The van der Waals surface area contributed by atoms with E-state index in [1.165, 1.54) is 12.1 Å². The second-order valence-corrected chi connectivity index (χ2v) is 6.81. The molecule has 5 nitrogen and oxygen atoms in total. The molecule has 1 aliphatic rings. The van der Waals surface area contributed by atoms with Crippen LogP contribution in [0.15, 0.2) is 24.3 Å². The summed E-state index contributed by atoms with van der Waals surface area (Å²) in [6.45, 7) is 9.35. The van der Waals surface area contributed by atoms with Gasteiger partial charge in [-0.15, -0.1) is 0 Å². The van der Waals surface area contributed by atoms with Gasteiger partial charge < -0.3 is 19.3 Å². The lowest BCUT2D eigenvalue weighted by molar-refractivity contribution is 0.0930. The molecule has 1 aromatic carbocycles. The summed E-state index contributed by atoms with van der Waals surface area (Å²) in [5, 5.41) is 0. The molecule has 0 unspecified atom stereocenters. The van der Waals surface area contributed by atoms with Crippen LogP contribution in [0.4, 0.5) is 9.18 Å². The minimum Gasteiger partial charge on any atom is -0.494 e. The third-order valence-electron chi connectivity index (χ3n) is 4.09. The molecule has 0 atom stereocenters. The van der Waals surface area contributed by atoms with Crippen molar-refractivity contribution in [3.8, 4) is 5.75 Å². The van der Waals surface area contributed by atoms with Crippen molar-refractivity contribution < 1.29 is 18.7 Å². The summed E-state index contributed by atoms with van der Waals surface area (Å²) in [4.78, 5) is 16.2. The van der Waals surface area contributed by atoms with Gasteiger partial charge in [0, 0.05) is 26.2 Å². The second kappa shape index (κ2) is 10.2. The van der Waals surface area contributed by atoms with E-state index < -0.39 is 0 Å². The molecule has 140 valence electrons. The van der Waals surface area contributed by atoms with E-state index in [2.05, 4.69) is 4.90 Å². The summed E-state index contributed by atoms with van der Waals surface area (Å²) in [7, 11) is 0. The Morgan fingerprint density at radius 3 is 2.64 bits per heavy atom. The first-order valence-electron chi connectivity index (χ1n) is 9.07. The van der Waals surface area contributed by atoms with E-state index in [0.29, 0.717) is 31.4 Å². The smallest absolute Gasteiger partial charge is 0.409 e. The van der Waals surface area contributed by atoms with E-state index in [4.69, 9.17) is 9.47 Å². The van der Waals surface area contributed by atoms with Gasteiger partial charge in [0.05, 0.1) is 13.2 Å². The van der Waals surface area contributed by atoms with Gasteiger partial charge in [0.25, 0.3) is 0 Å². The fourth-order valence-corrected chi connectivity index (χ4v) is 2.72. The van der Waals surface area contributed by atoms with E-state index in [1.807, 2.05) is 13.8 Å². The van der Waals surface area contributed by atoms with E-state index >= 15 is 0 Å². The predicted molar refractivity (Wildman–Crippen MR) is 95.3 cm³/mol. The molecule has 2 rings (SSSR count). The summed E-state index contributed by atoms with van der Waals surface area (Å²) in [6.07, 6.45) is 1.65. The zero-order chi connectivity index (χ0) is 18.1. The summed E-state index contributed by atoms with van der Waals surface area (Å²) in [6, 6.07) is 6.08. The van der Waals surface area contributed by atoms with Crippen molar-refractivity contribution in [2.45, 2.75) is 26.7 Å². The molecule has 1 aliphatic heterocycles. The summed E-state index contributed by atoms with van der Waals surface area (Å²) >= 11 is 0. The first-order chi connectivity index (χ1) is 12.0. The Balaban J connectivity index is 1.63. The van der Waals surface area contributed by atoms with Gasteiger partial charge in [-0.3, -0.25) is 0 Å². The molecule has 1 fully saturated rings. The van der Waals surface area contributed by atoms with Crippen molar-refractivity contribution in [2.75, 3.05) is 45.9 Å². The lowest BCUT2D eigenvalue weighted by Crippen LogP contribution is -2.36. The molecule has 0 aliphatic carbocycles. The van der Waals surface area contributed by atoms with Crippen molar-refractivity contribution >= 4 is 6.09 Å². The van der Waals surface area contributed by atoms with Crippen molar-refractivity contribution in [2.24, 2.45) is 5.92 Å². The number of nitrogens with zero attached hydrogens (tertiary/aromatic N) is 2. The first kappa shape index (κ1) is 19.5. The third-order valence-corrected chi connectivity index (χ3v) is 4.09. The topological polar surface area (TPSA) is 42.0 Å². The van der Waals surface area contributed by atoms with Crippen LogP contribution in [-0.4, -0.2) is 61.8 Å². The predicted octanol–water partition coefficient (Wildman–Crippen LogP) is 3.39. The number of hydrogen-bond acceptors (Lipinski definition) is 4. The highest BCUT2D eigenvalue weighted by molar-refractivity contribution is 5.67. The van der Waals surface area contributed by atoms with Crippen molar-refractivity contribution in [1.29, 1.82) is 0 Å². The first-order valence-corrected chi connectivity index (χ1v) is 9.07. The van der Waals surface area contributed by atoms with Gasteiger partial charge >= 0.3 is 6.09 Å². The monoisotopic (exact) mass is 352 g/mol. The van der Waals surface area contributed by atoms with Crippen molar-refractivity contribution in [1.82, 2.24) is 9.80 Å². The van der Waals surface area contributed by atoms with Gasteiger partial charge in [0.1, 0.15) is 11.6 Å². The largest absolute Gasteiger partial charge is 0.494 e. The Hall–Kier alpha value is -1.82. The highest BCUT2D eigenvalue weighted by Gasteiger charge is 2.20. The van der Waals surface area contributed by atoms with E-state index in [1.54, 1.807) is 17.0 Å². The van der Waals surface area contributed by atoms with Crippen LogP contribution in [0.5, 0.6) is 5.75 Å². The number of benzene rings is 1. The van der Waals surface area contributed by atoms with E-state index in [0.717, 1.165) is 39.0 Å². The summed E-state index contributed by atoms with van der Waals surface area (Å²) < 4.78 is 23.8. The van der Waals surface area contributed by atoms with Crippen LogP contribution in [-0.2, 0) is 4.74 Å². The normalized spacial score (nSPS) is 15.9. The highest BCUT2D eigenvalue weighted by atomic mass is 19.1. The number of amides is 1. The summed E-state index contributed by atoms with van der Waals surface area (Å²) in [5.41, 5.74) is 0. The standard InChI is InChI=1S/C19H29FN2O3/c1-16(2)15-25-19(23)22-11-3-9-21(12-13-22)10-4-14-24-18-7-5-17(20)6-8-18/h5-8,16H,3-4,9-15H2,1-2H3. The Labute approximate surface area is 149 Å². The molecule has 1 heterocycles. The number of carbonyl (C=O) groups is 1. The average molecular weight is 352 g/mol. The molecular weight excluding hydrogens is 323 g/mol. The molecule has 0 aromatic heterocycles. The van der Waals surface area contributed by atoms with Gasteiger partial charge in [-0.2, -0.15) is 0 Å². The molecule has 0 spiro atoms. The maximum absolute atomic E-state index is 12.8. The molecule has 0 saturated carbocycles. The zero-order valence-corrected chi connectivity index (χ0v) is 15.2. The molecular formula is C19H29FN2O3. The fraction of sp³-hybridized carbons (Fsp3) is 0.632. The highest BCUT2D eigenvalue weighted by Crippen LogP contribution is 2.12. The molecule has 0 bridgehead atoms. The van der Waals surface area contributed by atoms with Gasteiger partial charge in [0.2, 0.25) is 0 Å². The van der Waals surface area contributed by atoms with Crippen molar-refractivity contribution in [3.63, 3.8) is 0 Å². The lowest BCUT2D eigenvalue weighted by Gasteiger charge is -2.22. The van der Waals surface area contributed by atoms with Gasteiger partial charge in [-0.1, -0.05) is 13.8 Å². The molecule has 1 saturated heterocycles. The lowest BCUT2D eigenvalue weighted by atomic mass is 10.2. The van der Waals surface area contributed by atoms with Gasteiger partial charge in [-0.05, 0) is 49.6 Å². The SMILES string of the molecule is CC(C)COC(=O)N1CCCN(CCCOc2ccc(F)cc2)CC1. The Kier molecular flexibility index (Phi) is 7.98. The third kappa shape index (κ3) is 7.30. The van der Waals surface area contributed by atoms with Crippen LogP contribution in [0, 0.1) is 11.7 Å². The average Bonchev–Trinajstić information content (AvgIpc) is 2.84. The number of carbonyl (C=O) groups excluding carboxylic acids is 1. The van der Waals surface area contributed by atoms with Gasteiger partial charge in [-0.25, -0.2) is 9.18 Å². The zero-order valence-electron chi connectivity index (χ0n) is 15.2. The fourth-order valence-electron chi connectivity index (χ4n) is 2.72. The van der Waals surface area contributed by atoms with Crippen LogP contribution in [0.2, 0.25) is 0 Å². The maximum atomic E-state index is 12.8. The Morgan fingerprint density at radius 2 is 1.92 bits per heavy atom. The Morgan fingerprint density at radius 1 is 1.16 bits per heavy atom. The summed E-state index contributed by atoms with van der Waals surface area (Å²) in [5.74, 6) is 0.790. The van der Waals surface area contributed by atoms with E-state index in [9.17, 15) is 9.18 Å².